The molecule has 2 fully saturated rings. The largest absolute Gasteiger partial charge is 0.467 e. The number of hydrogen-bond acceptors (Lipinski definition) is 9. The summed E-state index contributed by atoms with van der Waals surface area (Å²) < 4.78 is 16.1. The van der Waals surface area contributed by atoms with E-state index in [2.05, 4.69) is 12.1 Å². The predicted octanol–water partition coefficient (Wildman–Crippen LogP) is 3.44. The molecule has 1 saturated heterocycles. The zero-order chi connectivity index (χ0) is 29.3. The van der Waals surface area contributed by atoms with Crippen molar-refractivity contribution in [2.75, 3.05) is 26.2 Å². The molecule has 9 nitrogen and oxygen atoms in total. The van der Waals surface area contributed by atoms with E-state index in [9.17, 15) is 24.9 Å². The minimum Gasteiger partial charge on any atom is -0.467 e. The summed E-state index contributed by atoms with van der Waals surface area (Å²) in [6, 6.07) is 11.7. The zero-order valence-corrected chi connectivity index (χ0v) is 22.8. The summed E-state index contributed by atoms with van der Waals surface area (Å²) in [5, 5.41) is 20.1. The van der Waals surface area contributed by atoms with Crippen LogP contribution >= 0.6 is 0 Å². The van der Waals surface area contributed by atoms with E-state index in [-0.39, 0.29) is 5.57 Å². The van der Waals surface area contributed by atoms with Crippen molar-refractivity contribution < 1.29 is 28.6 Å². The van der Waals surface area contributed by atoms with Crippen LogP contribution in [0.2, 0.25) is 0 Å². The first-order chi connectivity index (χ1) is 19.9. The van der Waals surface area contributed by atoms with Crippen LogP contribution in [0.15, 0.2) is 90.1 Å². The van der Waals surface area contributed by atoms with E-state index < -0.39 is 65.0 Å². The van der Waals surface area contributed by atoms with Crippen LogP contribution in [0.3, 0.4) is 0 Å². The fourth-order valence-corrected chi connectivity index (χ4v) is 7.50. The first kappa shape index (κ1) is 27.7. The van der Waals surface area contributed by atoms with E-state index in [0.29, 0.717) is 11.3 Å². The lowest BCUT2D eigenvalue weighted by Crippen LogP contribution is -2.65. The number of para-hydroxylation sites is 1. The summed E-state index contributed by atoms with van der Waals surface area (Å²) in [6.45, 7) is 0. The second-order valence-electron chi connectivity index (χ2n) is 10.3. The van der Waals surface area contributed by atoms with Gasteiger partial charge in [0.2, 0.25) is 5.54 Å². The van der Waals surface area contributed by atoms with Gasteiger partial charge in [0.1, 0.15) is 23.8 Å². The molecule has 208 valence electrons. The van der Waals surface area contributed by atoms with Gasteiger partial charge in [-0.2, -0.15) is 10.5 Å². The second-order valence-corrected chi connectivity index (χ2v) is 10.3. The molecule has 0 amide bonds. The van der Waals surface area contributed by atoms with E-state index in [4.69, 9.17) is 14.2 Å². The van der Waals surface area contributed by atoms with E-state index in [1.807, 2.05) is 48.6 Å². The molecule has 1 saturated carbocycles. The molecule has 3 aliphatic carbocycles. The number of esters is 3. The van der Waals surface area contributed by atoms with E-state index in [1.165, 1.54) is 26.2 Å². The highest BCUT2D eigenvalue weighted by Crippen LogP contribution is 2.61. The predicted molar refractivity (Wildman–Crippen MR) is 147 cm³/mol. The van der Waals surface area contributed by atoms with E-state index in [0.717, 1.165) is 0 Å². The first-order valence-corrected chi connectivity index (χ1v) is 13.3. The number of hydrogen-bond donors (Lipinski definition) is 0. The number of benzene rings is 1. The Morgan fingerprint density at radius 3 is 1.85 bits per heavy atom. The van der Waals surface area contributed by atoms with Crippen molar-refractivity contribution >= 4 is 23.6 Å². The highest BCUT2D eigenvalue weighted by Gasteiger charge is 2.74. The lowest BCUT2D eigenvalue weighted by atomic mass is 9.64. The van der Waals surface area contributed by atoms with Gasteiger partial charge in [-0.1, -0.05) is 66.8 Å². The van der Waals surface area contributed by atoms with Gasteiger partial charge in [-0.05, 0) is 29.5 Å². The van der Waals surface area contributed by atoms with Gasteiger partial charge in [0.25, 0.3) is 0 Å². The Hall–Kier alpha value is -4.89. The van der Waals surface area contributed by atoms with Crippen LogP contribution in [0.5, 0.6) is 0 Å². The van der Waals surface area contributed by atoms with Crippen LogP contribution in [0.25, 0.3) is 0 Å². The summed E-state index contributed by atoms with van der Waals surface area (Å²) in [5.74, 6) is -6.07. The molecule has 4 unspecified atom stereocenters. The molecule has 1 heterocycles. The molecule has 0 radical (unpaired) electrons. The first-order valence-electron chi connectivity index (χ1n) is 13.3. The maximum absolute atomic E-state index is 14.2. The van der Waals surface area contributed by atoms with Gasteiger partial charge in [0, 0.05) is 29.4 Å². The Morgan fingerprint density at radius 2 is 1.32 bits per heavy atom. The number of methoxy groups -OCH3 is 3. The van der Waals surface area contributed by atoms with Crippen LogP contribution in [-0.4, -0.2) is 50.8 Å². The highest BCUT2D eigenvalue weighted by atomic mass is 16.6. The number of ether oxygens (including phenoxy) is 3. The van der Waals surface area contributed by atoms with Gasteiger partial charge in [0.15, 0.2) is 0 Å². The SMILES string of the molecule is COC(=O)[C@@H]1[C@H]2C3C=CC=CC3C(=C(C#N)C#N)C3C=CC=CC3[C@H]2C(C(=O)OC)(C(=O)OC)N1c1ccccc1. The molecular formula is C32H29N3O6. The summed E-state index contributed by atoms with van der Waals surface area (Å²) in [4.78, 5) is 43.8. The molecule has 0 N–H and O–H groups in total. The Bertz CT molecular complexity index is 1460. The van der Waals surface area contributed by atoms with E-state index in [1.54, 1.807) is 30.3 Å². The Balaban J connectivity index is 1.95. The second kappa shape index (κ2) is 10.9. The highest BCUT2D eigenvalue weighted by molar-refractivity contribution is 6.11. The van der Waals surface area contributed by atoms with Crippen molar-refractivity contribution in [3.8, 4) is 12.1 Å². The molecule has 41 heavy (non-hydrogen) atoms. The maximum atomic E-state index is 14.2. The average molecular weight is 552 g/mol. The number of allylic oxidation sites excluding steroid dienone is 10. The van der Waals surface area contributed by atoms with Crippen molar-refractivity contribution in [3.63, 3.8) is 0 Å². The lowest BCUT2D eigenvalue weighted by molar-refractivity contribution is -0.164. The third kappa shape index (κ3) is 3.92. The van der Waals surface area contributed by atoms with Gasteiger partial charge >= 0.3 is 17.9 Å². The number of rotatable bonds is 4. The summed E-state index contributed by atoms with van der Waals surface area (Å²) >= 11 is 0. The molecule has 5 rings (SSSR count). The average Bonchev–Trinajstić information content (AvgIpc) is 3.28. The summed E-state index contributed by atoms with van der Waals surface area (Å²) in [7, 11) is 3.66. The van der Waals surface area contributed by atoms with Crippen molar-refractivity contribution in [3.05, 3.63) is 90.1 Å². The van der Waals surface area contributed by atoms with Gasteiger partial charge in [0.05, 0.1) is 21.3 Å². The molecule has 1 aromatic rings. The molecule has 4 aliphatic rings. The zero-order valence-electron chi connectivity index (χ0n) is 22.8. The van der Waals surface area contributed by atoms with Crippen molar-refractivity contribution in [1.82, 2.24) is 0 Å². The molecule has 1 aromatic carbocycles. The summed E-state index contributed by atoms with van der Waals surface area (Å²) in [5.41, 5.74) is -1.12. The number of carbonyl (C=O) groups excluding carboxylic acids is 3. The summed E-state index contributed by atoms with van der Waals surface area (Å²) in [6.07, 6.45) is 14.9. The van der Waals surface area contributed by atoms with Gasteiger partial charge in [-0.15, -0.1) is 0 Å². The third-order valence-corrected chi connectivity index (χ3v) is 8.83. The van der Waals surface area contributed by atoms with Crippen molar-refractivity contribution in [2.45, 2.75) is 11.6 Å². The molecule has 9 heteroatoms. The maximum Gasteiger partial charge on any atom is 0.343 e. The molecule has 0 spiro atoms. The fraction of sp³-hybridized carbons (Fsp3) is 0.344. The normalized spacial score (nSPS) is 30.0. The van der Waals surface area contributed by atoms with Gasteiger partial charge in [-0.25, -0.2) is 14.4 Å². The molecule has 1 aliphatic heterocycles. The van der Waals surface area contributed by atoms with Crippen molar-refractivity contribution in [2.24, 2.45) is 35.5 Å². The molecular weight excluding hydrogens is 522 g/mol. The van der Waals surface area contributed by atoms with Gasteiger partial charge < -0.3 is 19.1 Å². The Morgan fingerprint density at radius 1 is 0.780 bits per heavy atom. The monoisotopic (exact) mass is 551 g/mol. The standard InChI is InChI=1S/C32H29N3O6/c1-39-29(36)28-26-22-14-8-7-13-21(22)25(19(17-33)18-34)23-15-9-10-16-24(23)27(26)32(30(37)40-2,31(38)41-3)35(28)20-11-5-4-6-12-20/h4-16,21-24,26-28H,1-3H3/t21?,22?,23?,24?,26-,27+,28-/m0/s1. The van der Waals surface area contributed by atoms with Crippen LogP contribution in [-0.2, 0) is 28.6 Å². The molecule has 0 aromatic heterocycles. The van der Waals surface area contributed by atoms with Crippen molar-refractivity contribution in [1.29, 1.82) is 10.5 Å². The number of nitriles is 2. The number of anilines is 1. The Kier molecular flexibility index (Phi) is 7.38. The van der Waals surface area contributed by atoms with Crippen LogP contribution in [0.1, 0.15) is 0 Å². The topological polar surface area (TPSA) is 130 Å². The van der Waals surface area contributed by atoms with E-state index >= 15 is 0 Å². The minimum absolute atomic E-state index is 0.0360. The molecule has 0 bridgehead atoms. The quantitative estimate of drug-likeness (QED) is 0.239. The van der Waals surface area contributed by atoms with Crippen LogP contribution in [0, 0.1) is 58.2 Å². The molecule has 7 atom stereocenters. The minimum atomic E-state index is -2.11. The number of fused-ring (bicyclic) bond motifs is 5. The fourth-order valence-electron chi connectivity index (χ4n) is 7.50. The van der Waals surface area contributed by atoms with Crippen LogP contribution < -0.4 is 4.90 Å². The van der Waals surface area contributed by atoms with Gasteiger partial charge in [-0.3, -0.25) is 0 Å². The van der Waals surface area contributed by atoms with Crippen LogP contribution in [0.4, 0.5) is 5.69 Å². The third-order valence-electron chi connectivity index (χ3n) is 8.83. The smallest absolute Gasteiger partial charge is 0.343 e. The Labute approximate surface area is 238 Å². The number of carbonyl (C=O) groups is 3. The number of nitrogens with zero attached hydrogens (tertiary/aromatic N) is 3. The lowest BCUT2D eigenvalue weighted by Gasteiger charge is -2.43.